The zero-order chi connectivity index (χ0) is 12.0. The highest BCUT2D eigenvalue weighted by Gasteiger charge is 2.21. The van der Waals surface area contributed by atoms with Crippen molar-refractivity contribution in [3.05, 3.63) is 34.0 Å². The Hall–Kier alpha value is -1.48. The van der Waals surface area contributed by atoms with Crippen molar-refractivity contribution in [3.8, 4) is 0 Å². The molecule has 17 heavy (non-hydrogen) atoms. The Labute approximate surface area is 103 Å². The molecular weight excluding hydrogens is 238 g/mol. The maximum absolute atomic E-state index is 11.2. The summed E-state index contributed by atoms with van der Waals surface area (Å²) in [5.74, 6) is -0.912. The van der Waals surface area contributed by atoms with Gasteiger partial charge < -0.3 is 10.1 Å². The van der Waals surface area contributed by atoms with Crippen molar-refractivity contribution in [1.82, 2.24) is 4.98 Å². The monoisotopic (exact) mass is 249 g/mol. The number of aromatic amines is 1. The van der Waals surface area contributed by atoms with E-state index in [1.54, 1.807) is 12.1 Å². The third kappa shape index (κ3) is 1.53. The van der Waals surface area contributed by atoms with E-state index in [0.717, 1.165) is 36.8 Å². The first-order valence-corrected chi connectivity index (χ1v) is 6.11. The van der Waals surface area contributed by atoms with Gasteiger partial charge in [0.15, 0.2) is 0 Å². The summed E-state index contributed by atoms with van der Waals surface area (Å²) in [7, 11) is 0. The zero-order valence-electron chi connectivity index (χ0n) is 9.22. The fourth-order valence-electron chi connectivity index (χ4n) is 2.65. The summed E-state index contributed by atoms with van der Waals surface area (Å²) in [6.45, 7) is 0. The smallest absolute Gasteiger partial charge is 0.337 e. The Morgan fingerprint density at radius 3 is 2.82 bits per heavy atom. The van der Waals surface area contributed by atoms with Gasteiger partial charge in [0.05, 0.1) is 16.1 Å². The van der Waals surface area contributed by atoms with Crippen molar-refractivity contribution in [2.75, 3.05) is 0 Å². The van der Waals surface area contributed by atoms with Crippen LogP contribution in [0.25, 0.3) is 10.9 Å². The lowest BCUT2D eigenvalue weighted by atomic mass is 9.95. The van der Waals surface area contributed by atoms with Gasteiger partial charge in [0.2, 0.25) is 0 Å². The number of aromatic carboxylic acids is 1. The number of hydrogen-bond donors (Lipinski definition) is 2. The molecule has 1 aromatic carbocycles. The van der Waals surface area contributed by atoms with E-state index in [2.05, 4.69) is 4.98 Å². The lowest BCUT2D eigenvalue weighted by molar-refractivity contribution is 0.0699. The Kier molecular flexibility index (Phi) is 2.37. The number of fused-ring (bicyclic) bond motifs is 3. The number of halogens is 1. The van der Waals surface area contributed by atoms with Crippen LogP contribution in [0, 0.1) is 0 Å². The van der Waals surface area contributed by atoms with Crippen molar-refractivity contribution in [3.63, 3.8) is 0 Å². The molecule has 0 saturated heterocycles. The van der Waals surface area contributed by atoms with Crippen molar-refractivity contribution in [1.29, 1.82) is 0 Å². The number of benzene rings is 1. The second-order valence-corrected chi connectivity index (χ2v) is 4.85. The highest BCUT2D eigenvalue weighted by atomic mass is 35.5. The van der Waals surface area contributed by atoms with E-state index in [-0.39, 0.29) is 0 Å². The summed E-state index contributed by atoms with van der Waals surface area (Å²) in [4.78, 5) is 14.4. The predicted molar refractivity (Wildman–Crippen MR) is 66.9 cm³/mol. The van der Waals surface area contributed by atoms with Crippen molar-refractivity contribution in [2.45, 2.75) is 25.7 Å². The highest BCUT2D eigenvalue weighted by molar-refractivity contribution is 6.36. The van der Waals surface area contributed by atoms with E-state index in [9.17, 15) is 9.90 Å². The van der Waals surface area contributed by atoms with Gasteiger partial charge in [-0.2, -0.15) is 0 Å². The third-order valence-electron chi connectivity index (χ3n) is 3.43. The normalized spacial score (nSPS) is 14.9. The van der Waals surface area contributed by atoms with Gasteiger partial charge in [-0.15, -0.1) is 0 Å². The second kappa shape index (κ2) is 3.77. The molecule has 1 aliphatic rings. The van der Waals surface area contributed by atoms with Gasteiger partial charge in [0.25, 0.3) is 0 Å². The van der Waals surface area contributed by atoms with Crippen molar-refractivity contribution in [2.24, 2.45) is 0 Å². The molecule has 3 rings (SSSR count). The largest absolute Gasteiger partial charge is 0.478 e. The molecular formula is C13H12ClNO2. The Morgan fingerprint density at radius 1 is 1.29 bits per heavy atom. The molecule has 0 bridgehead atoms. The van der Waals surface area contributed by atoms with Gasteiger partial charge in [0, 0.05) is 11.1 Å². The minimum Gasteiger partial charge on any atom is -0.478 e. The van der Waals surface area contributed by atoms with E-state index in [1.165, 1.54) is 5.56 Å². The molecule has 0 amide bonds. The van der Waals surface area contributed by atoms with Crippen molar-refractivity contribution < 1.29 is 9.90 Å². The van der Waals surface area contributed by atoms with Crippen LogP contribution in [0.4, 0.5) is 0 Å². The van der Waals surface area contributed by atoms with E-state index in [0.29, 0.717) is 16.1 Å². The standard InChI is InChI=1S/C13H12ClNO2/c14-9-6-5-8(13(16)17)12-11(9)7-3-1-2-4-10(7)15-12/h5-6,15H,1-4H2,(H,16,17). The van der Waals surface area contributed by atoms with Gasteiger partial charge in [-0.1, -0.05) is 11.6 Å². The van der Waals surface area contributed by atoms with E-state index in [4.69, 9.17) is 11.6 Å². The lowest BCUT2D eigenvalue weighted by Gasteiger charge is -2.10. The van der Waals surface area contributed by atoms with Crippen molar-refractivity contribution >= 4 is 28.5 Å². The number of carbonyl (C=O) groups is 1. The molecule has 1 heterocycles. The topological polar surface area (TPSA) is 53.1 Å². The number of hydrogen-bond acceptors (Lipinski definition) is 1. The van der Waals surface area contributed by atoms with Gasteiger partial charge in [-0.05, 0) is 43.4 Å². The minimum atomic E-state index is -0.912. The first-order valence-electron chi connectivity index (χ1n) is 5.73. The van der Waals surface area contributed by atoms with Crippen LogP contribution >= 0.6 is 11.6 Å². The molecule has 0 saturated carbocycles. The Balaban J connectivity index is 2.39. The molecule has 0 atom stereocenters. The highest BCUT2D eigenvalue weighted by Crippen LogP contribution is 2.35. The number of aromatic nitrogens is 1. The maximum atomic E-state index is 11.2. The molecule has 3 nitrogen and oxygen atoms in total. The molecule has 4 heteroatoms. The molecule has 1 aromatic heterocycles. The summed E-state index contributed by atoms with van der Waals surface area (Å²) in [6, 6.07) is 3.24. The van der Waals surface area contributed by atoms with Crippen LogP contribution in [-0.2, 0) is 12.8 Å². The molecule has 2 N–H and O–H groups in total. The maximum Gasteiger partial charge on any atom is 0.337 e. The summed E-state index contributed by atoms with van der Waals surface area (Å²) in [5.41, 5.74) is 3.34. The average Bonchev–Trinajstić information content (AvgIpc) is 2.68. The summed E-state index contributed by atoms with van der Waals surface area (Å²) in [6.07, 6.45) is 4.27. The number of carboxylic acids is 1. The number of rotatable bonds is 1. The average molecular weight is 250 g/mol. The first-order chi connectivity index (χ1) is 8.18. The fraction of sp³-hybridized carbons (Fsp3) is 0.308. The van der Waals surface area contributed by atoms with Crippen LogP contribution in [0.5, 0.6) is 0 Å². The predicted octanol–water partition coefficient (Wildman–Crippen LogP) is 3.40. The van der Waals surface area contributed by atoms with E-state index in [1.807, 2.05) is 0 Å². The molecule has 88 valence electrons. The molecule has 1 aliphatic carbocycles. The third-order valence-corrected chi connectivity index (χ3v) is 3.75. The molecule has 0 radical (unpaired) electrons. The van der Waals surface area contributed by atoms with Crippen LogP contribution in [0.2, 0.25) is 5.02 Å². The first kappa shape index (κ1) is 10.7. The molecule has 0 spiro atoms. The Bertz CT molecular complexity index is 615. The number of aryl methyl sites for hydroxylation is 2. The summed E-state index contributed by atoms with van der Waals surface area (Å²) < 4.78 is 0. The van der Waals surface area contributed by atoms with Gasteiger partial charge in [0.1, 0.15) is 0 Å². The molecule has 2 aromatic rings. The summed E-state index contributed by atoms with van der Waals surface area (Å²) in [5, 5.41) is 10.7. The number of carboxylic acid groups (broad SMARTS) is 1. The number of nitrogens with one attached hydrogen (secondary N) is 1. The number of H-pyrrole nitrogens is 1. The molecule has 0 aliphatic heterocycles. The minimum absolute atomic E-state index is 0.304. The molecule has 0 unspecified atom stereocenters. The van der Waals surface area contributed by atoms with Crippen LogP contribution in [0.15, 0.2) is 12.1 Å². The SMILES string of the molecule is O=C(O)c1ccc(Cl)c2c3c([nH]c12)CCCC3. The van der Waals surface area contributed by atoms with E-state index < -0.39 is 5.97 Å². The molecule has 0 fully saturated rings. The Morgan fingerprint density at radius 2 is 2.06 bits per heavy atom. The van der Waals surface area contributed by atoms with Gasteiger partial charge >= 0.3 is 5.97 Å². The van der Waals surface area contributed by atoms with Gasteiger partial charge in [-0.3, -0.25) is 0 Å². The summed E-state index contributed by atoms with van der Waals surface area (Å²) >= 11 is 6.20. The van der Waals surface area contributed by atoms with Crippen LogP contribution in [0.3, 0.4) is 0 Å². The second-order valence-electron chi connectivity index (χ2n) is 4.44. The van der Waals surface area contributed by atoms with Gasteiger partial charge in [-0.25, -0.2) is 4.79 Å². The fourth-order valence-corrected chi connectivity index (χ4v) is 2.92. The quantitative estimate of drug-likeness (QED) is 0.814. The zero-order valence-corrected chi connectivity index (χ0v) is 9.97. The van der Waals surface area contributed by atoms with Crippen LogP contribution in [-0.4, -0.2) is 16.1 Å². The lowest BCUT2D eigenvalue weighted by Crippen LogP contribution is -2.00. The van der Waals surface area contributed by atoms with E-state index >= 15 is 0 Å². The van der Waals surface area contributed by atoms with Crippen LogP contribution < -0.4 is 0 Å². The van der Waals surface area contributed by atoms with Crippen LogP contribution in [0.1, 0.15) is 34.5 Å².